The molecule has 3 aromatic rings. The molecule has 144 valence electrons. The maximum absolute atomic E-state index is 12.8. The van der Waals surface area contributed by atoms with Gasteiger partial charge in [-0.15, -0.1) is 0 Å². The second kappa shape index (κ2) is 7.67. The molecule has 1 aliphatic rings. The number of carbonyl (C=O) groups is 2. The fraction of sp³-hybridized carbons (Fsp3) is 0.300. The lowest BCUT2D eigenvalue weighted by Gasteiger charge is -2.32. The number of amides is 1. The Morgan fingerprint density at radius 2 is 1.82 bits per heavy atom. The van der Waals surface area contributed by atoms with Crippen LogP contribution in [-0.4, -0.2) is 54.5 Å². The number of benzene rings is 1. The lowest BCUT2D eigenvalue weighted by molar-refractivity contribution is 0.0688. The summed E-state index contributed by atoms with van der Waals surface area (Å²) in [6, 6.07) is 9.64. The van der Waals surface area contributed by atoms with Gasteiger partial charge in [0.25, 0.3) is 5.91 Å². The second-order valence-electron chi connectivity index (χ2n) is 6.94. The Kier molecular flexibility index (Phi) is 4.92. The van der Waals surface area contributed by atoms with Crippen LogP contribution in [0.15, 0.2) is 55.1 Å². The van der Waals surface area contributed by atoms with Gasteiger partial charge >= 0.3 is 5.97 Å². The molecule has 0 bridgehead atoms. The molecule has 1 aliphatic heterocycles. The minimum atomic E-state index is -0.977. The van der Waals surface area contributed by atoms with E-state index >= 15 is 0 Å². The molecule has 1 saturated heterocycles. The van der Waals surface area contributed by atoms with Crippen LogP contribution in [0, 0.1) is 0 Å². The zero-order valence-corrected chi connectivity index (χ0v) is 15.3. The molecule has 1 fully saturated rings. The van der Waals surface area contributed by atoms with Crippen molar-refractivity contribution in [1.29, 1.82) is 0 Å². The van der Waals surface area contributed by atoms with Gasteiger partial charge in [-0.05, 0) is 36.6 Å². The van der Waals surface area contributed by atoms with Crippen LogP contribution in [0.5, 0.6) is 0 Å². The minimum absolute atomic E-state index is 0.0239. The summed E-state index contributed by atoms with van der Waals surface area (Å²) in [4.78, 5) is 25.6. The first kappa shape index (κ1) is 18.0. The van der Waals surface area contributed by atoms with Crippen molar-refractivity contribution in [1.82, 2.24) is 24.5 Å². The highest BCUT2D eigenvalue weighted by molar-refractivity contribution is 5.94. The van der Waals surface area contributed by atoms with Crippen molar-refractivity contribution >= 4 is 11.9 Å². The van der Waals surface area contributed by atoms with Gasteiger partial charge in [0.15, 0.2) is 0 Å². The molecule has 0 radical (unpaired) electrons. The summed E-state index contributed by atoms with van der Waals surface area (Å²) in [6.07, 6.45) is 8.08. The van der Waals surface area contributed by atoms with E-state index < -0.39 is 5.97 Å². The van der Waals surface area contributed by atoms with Crippen LogP contribution >= 0.6 is 0 Å². The molecule has 1 aromatic carbocycles. The monoisotopic (exact) mass is 379 g/mol. The van der Waals surface area contributed by atoms with Crippen LogP contribution in [0.4, 0.5) is 0 Å². The highest BCUT2D eigenvalue weighted by Gasteiger charge is 2.25. The molecule has 0 saturated carbocycles. The molecular weight excluding hydrogens is 358 g/mol. The Morgan fingerprint density at radius 1 is 1.07 bits per heavy atom. The summed E-state index contributed by atoms with van der Waals surface area (Å²) in [5.74, 6) is -0.953. The average molecular weight is 379 g/mol. The van der Waals surface area contributed by atoms with E-state index in [4.69, 9.17) is 5.11 Å². The normalized spacial score (nSPS) is 14.9. The van der Waals surface area contributed by atoms with Crippen LogP contribution in [0.25, 0.3) is 0 Å². The van der Waals surface area contributed by atoms with Crippen LogP contribution < -0.4 is 0 Å². The predicted octanol–water partition coefficient (Wildman–Crippen LogP) is 2.30. The quantitative estimate of drug-likeness (QED) is 0.734. The summed E-state index contributed by atoms with van der Waals surface area (Å²) in [7, 11) is 0. The summed E-state index contributed by atoms with van der Waals surface area (Å²) in [5, 5.41) is 17.4. The van der Waals surface area contributed by atoms with Gasteiger partial charge in [0.1, 0.15) is 0 Å². The van der Waals surface area contributed by atoms with Gasteiger partial charge in [0.05, 0.1) is 24.3 Å². The fourth-order valence-electron chi connectivity index (χ4n) is 3.50. The molecule has 8 nitrogen and oxygen atoms in total. The van der Waals surface area contributed by atoms with E-state index in [0.29, 0.717) is 25.2 Å². The molecule has 4 rings (SSSR count). The van der Waals surface area contributed by atoms with Gasteiger partial charge in [-0.2, -0.15) is 10.2 Å². The Bertz CT molecular complexity index is 954. The Morgan fingerprint density at radius 3 is 2.43 bits per heavy atom. The van der Waals surface area contributed by atoms with Crippen molar-refractivity contribution in [3.05, 3.63) is 71.8 Å². The Balaban J connectivity index is 1.35. The first-order chi connectivity index (χ1) is 13.6. The molecule has 3 heterocycles. The standard InChI is InChI=1S/C20H21N5O3/c26-19(16-4-2-15(3-5-16)13-24-9-1-8-21-24)23-10-6-18(7-11-23)25-14-17(12-22-25)20(27)28/h1-5,8-9,12,14,18H,6-7,10-11,13H2,(H,27,28). The zero-order chi connectivity index (χ0) is 19.5. The van der Waals surface area contributed by atoms with Crippen molar-refractivity contribution < 1.29 is 14.7 Å². The number of nitrogens with zero attached hydrogens (tertiary/aromatic N) is 5. The molecule has 0 spiro atoms. The first-order valence-electron chi connectivity index (χ1n) is 9.23. The maximum Gasteiger partial charge on any atom is 0.338 e. The largest absolute Gasteiger partial charge is 0.478 e. The Labute approximate surface area is 162 Å². The molecule has 8 heteroatoms. The van der Waals surface area contributed by atoms with E-state index in [0.717, 1.165) is 18.4 Å². The smallest absolute Gasteiger partial charge is 0.338 e. The number of hydrogen-bond donors (Lipinski definition) is 1. The molecule has 28 heavy (non-hydrogen) atoms. The maximum atomic E-state index is 12.8. The number of carboxylic acid groups (broad SMARTS) is 1. The highest BCUT2D eigenvalue weighted by atomic mass is 16.4. The van der Waals surface area contributed by atoms with Gasteiger partial charge < -0.3 is 10.0 Å². The van der Waals surface area contributed by atoms with Gasteiger partial charge in [0, 0.05) is 37.2 Å². The number of rotatable bonds is 5. The molecule has 0 aliphatic carbocycles. The molecule has 0 atom stereocenters. The molecule has 2 aromatic heterocycles. The van der Waals surface area contributed by atoms with Gasteiger partial charge in [-0.3, -0.25) is 14.2 Å². The van der Waals surface area contributed by atoms with Crippen molar-refractivity contribution in [3.8, 4) is 0 Å². The van der Waals surface area contributed by atoms with E-state index in [1.54, 1.807) is 17.1 Å². The van der Waals surface area contributed by atoms with Crippen LogP contribution in [0.1, 0.15) is 45.2 Å². The second-order valence-corrected chi connectivity index (χ2v) is 6.94. The highest BCUT2D eigenvalue weighted by Crippen LogP contribution is 2.23. The fourth-order valence-corrected chi connectivity index (χ4v) is 3.50. The van der Waals surface area contributed by atoms with E-state index in [9.17, 15) is 9.59 Å². The third-order valence-corrected chi connectivity index (χ3v) is 5.08. The van der Waals surface area contributed by atoms with Crippen LogP contribution in [0.2, 0.25) is 0 Å². The van der Waals surface area contributed by atoms with Crippen LogP contribution in [-0.2, 0) is 6.54 Å². The molecule has 1 amide bonds. The number of likely N-dealkylation sites (tertiary alicyclic amines) is 1. The number of piperidine rings is 1. The number of carbonyl (C=O) groups excluding carboxylic acids is 1. The minimum Gasteiger partial charge on any atom is -0.478 e. The van der Waals surface area contributed by atoms with Crippen molar-refractivity contribution in [2.45, 2.75) is 25.4 Å². The van der Waals surface area contributed by atoms with E-state index in [1.165, 1.54) is 6.20 Å². The van der Waals surface area contributed by atoms with E-state index in [-0.39, 0.29) is 17.5 Å². The van der Waals surface area contributed by atoms with E-state index in [1.807, 2.05) is 46.1 Å². The predicted molar refractivity (Wildman–Crippen MR) is 101 cm³/mol. The van der Waals surface area contributed by atoms with E-state index in [2.05, 4.69) is 10.2 Å². The average Bonchev–Trinajstić information content (AvgIpc) is 3.40. The molecule has 0 unspecified atom stereocenters. The van der Waals surface area contributed by atoms with Crippen molar-refractivity contribution in [3.63, 3.8) is 0 Å². The molecule has 1 N–H and O–H groups in total. The van der Waals surface area contributed by atoms with Gasteiger partial charge in [0.2, 0.25) is 0 Å². The number of aromatic nitrogens is 4. The number of aromatic carboxylic acids is 1. The number of carboxylic acids is 1. The van der Waals surface area contributed by atoms with Crippen LogP contribution in [0.3, 0.4) is 0 Å². The SMILES string of the molecule is O=C(O)c1cnn(C2CCN(C(=O)c3ccc(Cn4cccn4)cc3)CC2)c1. The van der Waals surface area contributed by atoms with Gasteiger partial charge in [-0.25, -0.2) is 4.79 Å². The lowest BCUT2D eigenvalue weighted by Crippen LogP contribution is -2.39. The summed E-state index contributed by atoms with van der Waals surface area (Å²) < 4.78 is 3.54. The summed E-state index contributed by atoms with van der Waals surface area (Å²) in [6.45, 7) is 1.93. The third-order valence-electron chi connectivity index (χ3n) is 5.08. The lowest BCUT2D eigenvalue weighted by atomic mass is 10.0. The van der Waals surface area contributed by atoms with Crippen molar-refractivity contribution in [2.75, 3.05) is 13.1 Å². The number of hydrogen-bond acceptors (Lipinski definition) is 4. The zero-order valence-electron chi connectivity index (χ0n) is 15.3. The van der Waals surface area contributed by atoms with Crippen molar-refractivity contribution in [2.24, 2.45) is 0 Å². The Hall–Kier alpha value is -3.42. The summed E-state index contributed by atoms with van der Waals surface area (Å²) in [5.41, 5.74) is 1.95. The van der Waals surface area contributed by atoms with Gasteiger partial charge in [-0.1, -0.05) is 12.1 Å². The molecular formula is C20H21N5O3. The first-order valence-corrected chi connectivity index (χ1v) is 9.23. The summed E-state index contributed by atoms with van der Waals surface area (Å²) >= 11 is 0. The third kappa shape index (κ3) is 3.80. The topological polar surface area (TPSA) is 93.3 Å².